The second-order valence-corrected chi connectivity index (χ2v) is 5.23. The Morgan fingerprint density at radius 1 is 0.800 bits per heavy atom. The normalized spacial score (nSPS) is 46.8. The second-order valence-electron chi connectivity index (χ2n) is 5.23. The lowest BCUT2D eigenvalue weighted by Gasteiger charge is -2.71. The van der Waals surface area contributed by atoms with Crippen molar-refractivity contribution in [2.75, 3.05) is 0 Å². The van der Waals surface area contributed by atoms with Gasteiger partial charge in [-0.05, 0) is 35.5 Å². The Kier molecular flexibility index (Phi) is 0.964. The van der Waals surface area contributed by atoms with Crippen LogP contribution in [0.25, 0.3) is 0 Å². The molecule has 2 rings (SSSR count). The SMILES string of the molecule is CC1(C)C2CCC2C1(C)C. The fourth-order valence-corrected chi connectivity index (χ4v) is 3.09. The molecule has 2 fully saturated rings. The molecular formula is C10H18. The van der Waals surface area contributed by atoms with E-state index in [-0.39, 0.29) is 0 Å². The van der Waals surface area contributed by atoms with Gasteiger partial charge in [-0.1, -0.05) is 27.7 Å². The topological polar surface area (TPSA) is 0 Å². The van der Waals surface area contributed by atoms with Crippen molar-refractivity contribution in [3.63, 3.8) is 0 Å². The Balaban J connectivity index is 2.24. The molecule has 0 aromatic carbocycles. The summed E-state index contributed by atoms with van der Waals surface area (Å²) in [4.78, 5) is 0. The maximum absolute atomic E-state index is 2.44. The average molecular weight is 138 g/mol. The zero-order valence-electron chi connectivity index (χ0n) is 7.57. The monoisotopic (exact) mass is 138 g/mol. The van der Waals surface area contributed by atoms with Crippen LogP contribution in [0.1, 0.15) is 40.5 Å². The third-order valence-electron chi connectivity index (χ3n) is 4.79. The molecule has 0 heteroatoms. The third kappa shape index (κ3) is 0.436. The summed E-state index contributed by atoms with van der Waals surface area (Å²) in [6, 6.07) is 0. The van der Waals surface area contributed by atoms with Crippen LogP contribution in [0.4, 0.5) is 0 Å². The van der Waals surface area contributed by atoms with Crippen molar-refractivity contribution in [1.29, 1.82) is 0 Å². The van der Waals surface area contributed by atoms with Gasteiger partial charge in [0, 0.05) is 0 Å². The molecule has 0 radical (unpaired) electrons. The van der Waals surface area contributed by atoms with Gasteiger partial charge in [0.1, 0.15) is 0 Å². The van der Waals surface area contributed by atoms with Gasteiger partial charge in [0.05, 0.1) is 0 Å². The van der Waals surface area contributed by atoms with Crippen LogP contribution >= 0.6 is 0 Å². The van der Waals surface area contributed by atoms with Crippen LogP contribution in [0, 0.1) is 22.7 Å². The van der Waals surface area contributed by atoms with Crippen LogP contribution in [0.2, 0.25) is 0 Å². The minimum absolute atomic E-state index is 0.635. The molecule has 0 N–H and O–H groups in total. The third-order valence-corrected chi connectivity index (χ3v) is 4.79. The molecule has 0 aliphatic heterocycles. The van der Waals surface area contributed by atoms with Crippen molar-refractivity contribution in [2.45, 2.75) is 40.5 Å². The lowest BCUT2D eigenvalue weighted by Crippen LogP contribution is -2.64. The first-order valence-electron chi connectivity index (χ1n) is 4.48. The highest BCUT2D eigenvalue weighted by molar-refractivity contribution is 5.13. The number of fused-ring (bicyclic) bond motifs is 1. The Morgan fingerprint density at radius 2 is 1.10 bits per heavy atom. The van der Waals surface area contributed by atoms with Gasteiger partial charge in [-0.15, -0.1) is 0 Å². The molecule has 2 unspecified atom stereocenters. The van der Waals surface area contributed by atoms with Crippen molar-refractivity contribution < 1.29 is 0 Å². The molecule has 0 amide bonds. The zero-order valence-corrected chi connectivity index (χ0v) is 7.57. The van der Waals surface area contributed by atoms with Gasteiger partial charge in [-0.3, -0.25) is 0 Å². The average Bonchev–Trinajstić information content (AvgIpc) is 1.56. The van der Waals surface area contributed by atoms with E-state index in [2.05, 4.69) is 27.7 Å². The molecule has 2 aliphatic rings. The Morgan fingerprint density at radius 3 is 1.20 bits per heavy atom. The summed E-state index contributed by atoms with van der Waals surface area (Å²) in [5.41, 5.74) is 1.27. The molecule has 0 aromatic rings. The number of hydrogen-bond acceptors (Lipinski definition) is 0. The van der Waals surface area contributed by atoms with Gasteiger partial charge >= 0.3 is 0 Å². The first kappa shape index (κ1) is 6.69. The molecule has 2 aliphatic carbocycles. The van der Waals surface area contributed by atoms with Gasteiger partial charge < -0.3 is 0 Å². The standard InChI is InChI=1S/C10H18/c1-9(2)7-5-6-8(7)10(9,3)4/h7-8H,5-6H2,1-4H3. The van der Waals surface area contributed by atoms with Crippen LogP contribution in [0.15, 0.2) is 0 Å². The largest absolute Gasteiger partial charge is 0.0591 e. The molecule has 2 saturated carbocycles. The van der Waals surface area contributed by atoms with E-state index in [0.29, 0.717) is 10.8 Å². The summed E-state index contributed by atoms with van der Waals surface area (Å²) in [7, 11) is 0. The molecule has 10 heavy (non-hydrogen) atoms. The van der Waals surface area contributed by atoms with E-state index in [1.807, 2.05) is 0 Å². The highest BCUT2D eigenvalue weighted by Crippen LogP contribution is 2.72. The lowest BCUT2D eigenvalue weighted by atomic mass is 9.34. The molecule has 0 spiro atoms. The van der Waals surface area contributed by atoms with E-state index < -0.39 is 0 Å². The summed E-state index contributed by atoms with van der Waals surface area (Å²) < 4.78 is 0. The fraction of sp³-hybridized carbons (Fsp3) is 1.00. The van der Waals surface area contributed by atoms with E-state index in [0.717, 1.165) is 11.8 Å². The highest BCUT2D eigenvalue weighted by atomic mass is 14.7. The summed E-state index contributed by atoms with van der Waals surface area (Å²) in [5.74, 6) is 2.14. The lowest BCUT2D eigenvalue weighted by molar-refractivity contribution is -0.224. The Bertz CT molecular complexity index is 145. The van der Waals surface area contributed by atoms with Crippen molar-refractivity contribution in [3.05, 3.63) is 0 Å². The first-order valence-corrected chi connectivity index (χ1v) is 4.48. The fourth-order valence-electron chi connectivity index (χ4n) is 3.09. The van der Waals surface area contributed by atoms with Gasteiger partial charge in [-0.2, -0.15) is 0 Å². The van der Waals surface area contributed by atoms with Crippen LogP contribution in [-0.2, 0) is 0 Å². The van der Waals surface area contributed by atoms with E-state index in [1.165, 1.54) is 12.8 Å². The molecular weight excluding hydrogens is 120 g/mol. The Hall–Kier alpha value is 0. The molecule has 0 heterocycles. The van der Waals surface area contributed by atoms with Crippen LogP contribution in [0.3, 0.4) is 0 Å². The van der Waals surface area contributed by atoms with Crippen molar-refractivity contribution in [1.82, 2.24) is 0 Å². The van der Waals surface area contributed by atoms with Crippen LogP contribution < -0.4 is 0 Å². The maximum atomic E-state index is 2.44. The highest BCUT2D eigenvalue weighted by Gasteiger charge is 2.64. The van der Waals surface area contributed by atoms with E-state index >= 15 is 0 Å². The van der Waals surface area contributed by atoms with Crippen molar-refractivity contribution in [3.8, 4) is 0 Å². The van der Waals surface area contributed by atoms with E-state index in [1.54, 1.807) is 0 Å². The predicted molar refractivity (Wildman–Crippen MR) is 43.8 cm³/mol. The second kappa shape index (κ2) is 1.44. The van der Waals surface area contributed by atoms with Crippen LogP contribution in [-0.4, -0.2) is 0 Å². The summed E-state index contributed by atoms with van der Waals surface area (Å²) in [5, 5.41) is 0. The summed E-state index contributed by atoms with van der Waals surface area (Å²) in [6.45, 7) is 9.75. The molecule has 0 bridgehead atoms. The quantitative estimate of drug-likeness (QED) is 0.482. The zero-order chi connectivity index (χ0) is 7.57. The number of hydrogen-bond donors (Lipinski definition) is 0. The number of rotatable bonds is 0. The smallest absolute Gasteiger partial charge is 0.0269 e. The summed E-state index contributed by atoms with van der Waals surface area (Å²) >= 11 is 0. The maximum Gasteiger partial charge on any atom is -0.0269 e. The minimum Gasteiger partial charge on any atom is -0.0591 e. The molecule has 58 valence electrons. The van der Waals surface area contributed by atoms with E-state index in [9.17, 15) is 0 Å². The van der Waals surface area contributed by atoms with Gasteiger partial charge in [0.25, 0.3) is 0 Å². The molecule has 0 saturated heterocycles. The van der Waals surface area contributed by atoms with E-state index in [4.69, 9.17) is 0 Å². The molecule has 0 aromatic heterocycles. The first-order chi connectivity index (χ1) is 4.48. The van der Waals surface area contributed by atoms with Crippen molar-refractivity contribution >= 4 is 0 Å². The van der Waals surface area contributed by atoms with Gasteiger partial charge in [0.2, 0.25) is 0 Å². The minimum atomic E-state index is 0.635. The van der Waals surface area contributed by atoms with Gasteiger partial charge in [-0.25, -0.2) is 0 Å². The Labute approximate surface area is 64.0 Å². The van der Waals surface area contributed by atoms with Crippen molar-refractivity contribution in [2.24, 2.45) is 22.7 Å². The summed E-state index contributed by atoms with van der Waals surface area (Å²) in [6.07, 6.45) is 3.00. The van der Waals surface area contributed by atoms with Gasteiger partial charge in [0.15, 0.2) is 0 Å². The molecule has 0 nitrogen and oxygen atoms in total. The molecule has 2 atom stereocenters. The predicted octanol–water partition coefficient (Wildman–Crippen LogP) is 3.08. The van der Waals surface area contributed by atoms with Crippen LogP contribution in [0.5, 0.6) is 0 Å².